The second-order valence-corrected chi connectivity index (χ2v) is 5.64. The van der Waals surface area contributed by atoms with Gasteiger partial charge in [-0.05, 0) is 45.2 Å². The van der Waals surface area contributed by atoms with Crippen LogP contribution >= 0.6 is 0 Å². The van der Waals surface area contributed by atoms with Crippen LogP contribution in [0.2, 0.25) is 0 Å². The first-order valence-electron chi connectivity index (χ1n) is 8.17. The number of rotatable bonds is 7. The quantitative estimate of drug-likeness (QED) is 0.834. The highest BCUT2D eigenvalue weighted by molar-refractivity contribution is 5.16. The summed E-state index contributed by atoms with van der Waals surface area (Å²) in [5.74, 6) is 0.571. The van der Waals surface area contributed by atoms with Crippen molar-refractivity contribution in [2.24, 2.45) is 5.92 Å². The molecule has 4 heteroatoms. The van der Waals surface area contributed by atoms with E-state index >= 15 is 0 Å². The minimum absolute atomic E-state index is 0.378. The van der Waals surface area contributed by atoms with Crippen molar-refractivity contribution in [1.29, 1.82) is 0 Å². The number of aryl methyl sites for hydroxylation is 2. The Kier molecular flexibility index (Phi) is 6.05. The van der Waals surface area contributed by atoms with Crippen LogP contribution in [0.4, 0.5) is 0 Å². The SMILES string of the molecule is CCCNC(c1cc(CC)nn1CC)C1CCCOC1. The minimum atomic E-state index is 0.378. The van der Waals surface area contributed by atoms with Crippen molar-refractivity contribution in [3.8, 4) is 0 Å². The molecule has 2 atom stereocenters. The molecule has 2 heterocycles. The van der Waals surface area contributed by atoms with E-state index in [-0.39, 0.29) is 0 Å². The molecule has 4 nitrogen and oxygen atoms in total. The highest BCUT2D eigenvalue weighted by Crippen LogP contribution is 2.29. The van der Waals surface area contributed by atoms with Gasteiger partial charge >= 0.3 is 0 Å². The Morgan fingerprint density at radius 1 is 1.45 bits per heavy atom. The van der Waals surface area contributed by atoms with Crippen molar-refractivity contribution < 1.29 is 4.74 Å². The van der Waals surface area contributed by atoms with E-state index in [0.29, 0.717) is 12.0 Å². The van der Waals surface area contributed by atoms with Gasteiger partial charge in [-0.2, -0.15) is 5.10 Å². The third-order valence-electron chi connectivity index (χ3n) is 4.12. The molecule has 1 aromatic heterocycles. The van der Waals surface area contributed by atoms with E-state index in [4.69, 9.17) is 9.84 Å². The maximum Gasteiger partial charge on any atom is 0.0625 e. The lowest BCUT2D eigenvalue weighted by atomic mass is 9.91. The van der Waals surface area contributed by atoms with Gasteiger partial charge in [-0.3, -0.25) is 4.68 Å². The Bertz CT molecular complexity index is 396. The molecule has 0 spiro atoms. The Morgan fingerprint density at radius 2 is 2.30 bits per heavy atom. The molecule has 1 fully saturated rings. The molecule has 0 radical (unpaired) electrons. The molecule has 1 saturated heterocycles. The van der Waals surface area contributed by atoms with Crippen molar-refractivity contribution in [3.05, 3.63) is 17.5 Å². The summed E-state index contributed by atoms with van der Waals surface area (Å²) >= 11 is 0. The van der Waals surface area contributed by atoms with Crippen molar-refractivity contribution >= 4 is 0 Å². The molecule has 1 aliphatic heterocycles. The molecule has 20 heavy (non-hydrogen) atoms. The smallest absolute Gasteiger partial charge is 0.0625 e. The number of nitrogens with one attached hydrogen (secondary N) is 1. The summed E-state index contributed by atoms with van der Waals surface area (Å²) in [6, 6.07) is 2.66. The van der Waals surface area contributed by atoms with Gasteiger partial charge in [0.1, 0.15) is 0 Å². The molecular formula is C16H29N3O. The molecule has 0 amide bonds. The van der Waals surface area contributed by atoms with Crippen LogP contribution in [0.5, 0.6) is 0 Å². The van der Waals surface area contributed by atoms with Crippen LogP contribution in [-0.2, 0) is 17.7 Å². The molecule has 0 saturated carbocycles. The van der Waals surface area contributed by atoms with Crippen LogP contribution in [0.1, 0.15) is 57.5 Å². The highest BCUT2D eigenvalue weighted by Gasteiger charge is 2.28. The van der Waals surface area contributed by atoms with Gasteiger partial charge in [0.2, 0.25) is 0 Å². The highest BCUT2D eigenvalue weighted by atomic mass is 16.5. The Morgan fingerprint density at radius 3 is 2.90 bits per heavy atom. The van der Waals surface area contributed by atoms with Crippen LogP contribution in [-0.4, -0.2) is 29.5 Å². The topological polar surface area (TPSA) is 39.1 Å². The zero-order valence-electron chi connectivity index (χ0n) is 13.2. The second kappa shape index (κ2) is 7.79. The lowest BCUT2D eigenvalue weighted by molar-refractivity contribution is 0.0377. The predicted octanol–water partition coefficient (Wildman–Crippen LogP) is 2.93. The first-order valence-corrected chi connectivity index (χ1v) is 8.17. The van der Waals surface area contributed by atoms with Gasteiger partial charge in [-0.15, -0.1) is 0 Å². The first-order chi connectivity index (χ1) is 9.80. The van der Waals surface area contributed by atoms with Gasteiger partial charge in [0, 0.05) is 19.1 Å². The van der Waals surface area contributed by atoms with E-state index in [1.165, 1.54) is 24.2 Å². The fraction of sp³-hybridized carbons (Fsp3) is 0.812. The fourth-order valence-electron chi connectivity index (χ4n) is 3.00. The molecule has 1 aliphatic rings. The van der Waals surface area contributed by atoms with Crippen molar-refractivity contribution in [1.82, 2.24) is 15.1 Å². The average Bonchev–Trinajstić information content (AvgIpc) is 2.92. The zero-order chi connectivity index (χ0) is 14.4. The number of nitrogens with zero attached hydrogens (tertiary/aromatic N) is 2. The first kappa shape index (κ1) is 15.5. The van der Waals surface area contributed by atoms with Gasteiger partial charge in [0.05, 0.1) is 24.0 Å². The van der Waals surface area contributed by atoms with Crippen molar-refractivity contribution in [2.75, 3.05) is 19.8 Å². The van der Waals surface area contributed by atoms with E-state index in [2.05, 4.69) is 36.8 Å². The maximum absolute atomic E-state index is 5.70. The molecule has 0 aromatic carbocycles. The summed E-state index contributed by atoms with van der Waals surface area (Å²) in [7, 11) is 0. The summed E-state index contributed by atoms with van der Waals surface area (Å²) < 4.78 is 7.87. The van der Waals surface area contributed by atoms with E-state index in [1.807, 2.05) is 0 Å². The largest absolute Gasteiger partial charge is 0.381 e. The summed E-state index contributed by atoms with van der Waals surface area (Å²) in [5.41, 5.74) is 2.54. The fourth-order valence-corrected chi connectivity index (χ4v) is 3.00. The van der Waals surface area contributed by atoms with E-state index in [9.17, 15) is 0 Å². The lowest BCUT2D eigenvalue weighted by Crippen LogP contribution is -2.35. The Hall–Kier alpha value is -0.870. The molecule has 114 valence electrons. The van der Waals surface area contributed by atoms with E-state index in [1.54, 1.807) is 0 Å². The minimum Gasteiger partial charge on any atom is -0.381 e. The standard InChI is InChI=1S/C16H29N3O/c1-4-9-17-16(13-8-7-10-20-12-13)15-11-14(5-2)18-19(15)6-3/h11,13,16-17H,4-10,12H2,1-3H3. The summed E-state index contributed by atoms with van der Waals surface area (Å²) in [6.45, 7) is 10.3. The molecular weight excluding hydrogens is 250 g/mol. The van der Waals surface area contributed by atoms with Gasteiger partial charge in [0.15, 0.2) is 0 Å². The summed E-state index contributed by atoms with van der Waals surface area (Å²) in [6.07, 6.45) is 4.58. The van der Waals surface area contributed by atoms with Crippen molar-refractivity contribution in [2.45, 2.75) is 59.0 Å². The van der Waals surface area contributed by atoms with E-state index < -0.39 is 0 Å². The molecule has 1 N–H and O–H groups in total. The van der Waals surface area contributed by atoms with Crippen LogP contribution in [0, 0.1) is 5.92 Å². The molecule has 0 aliphatic carbocycles. The van der Waals surface area contributed by atoms with Gasteiger partial charge < -0.3 is 10.1 Å². The molecule has 0 bridgehead atoms. The number of aromatic nitrogens is 2. The summed E-state index contributed by atoms with van der Waals surface area (Å²) in [4.78, 5) is 0. The average molecular weight is 279 g/mol. The van der Waals surface area contributed by atoms with Gasteiger partial charge in [0.25, 0.3) is 0 Å². The molecule has 2 rings (SSSR count). The van der Waals surface area contributed by atoms with Crippen LogP contribution in [0.3, 0.4) is 0 Å². The normalized spacial score (nSPS) is 21.1. The monoisotopic (exact) mass is 279 g/mol. The predicted molar refractivity (Wildman–Crippen MR) is 81.9 cm³/mol. The Balaban J connectivity index is 2.21. The number of hydrogen-bond donors (Lipinski definition) is 1. The third kappa shape index (κ3) is 3.61. The summed E-state index contributed by atoms with van der Waals surface area (Å²) in [5, 5.41) is 8.43. The van der Waals surface area contributed by atoms with Gasteiger partial charge in [-0.25, -0.2) is 0 Å². The van der Waals surface area contributed by atoms with Crippen molar-refractivity contribution in [3.63, 3.8) is 0 Å². The Labute approximate surface area is 122 Å². The molecule has 1 aromatic rings. The van der Waals surface area contributed by atoms with E-state index in [0.717, 1.165) is 39.1 Å². The van der Waals surface area contributed by atoms with Crippen LogP contribution in [0.25, 0.3) is 0 Å². The van der Waals surface area contributed by atoms with Crippen LogP contribution in [0.15, 0.2) is 6.07 Å². The lowest BCUT2D eigenvalue weighted by Gasteiger charge is -2.31. The number of ether oxygens (including phenoxy) is 1. The molecule has 2 unspecified atom stereocenters. The van der Waals surface area contributed by atoms with Crippen LogP contribution < -0.4 is 5.32 Å². The number of hydrogen-bond acceptors (Lipinski definition) is 3. The third-order valence-corrected chi connectivity index (χ3v) is 4.12. The zero-order valence-corrected chi connectivity index (χ0v) is 13.2. The van der Waals surface area contributed by atoms with Gasteiger partial charge in [-0.1, -0.05) is 13.8 Å². The second-order valence-electron chi connectivity index (χ2n) is 5.64. The maximum atomic E-state index is 5.70.